The van der Waals surface area contributed by atoms with Crippen molar-refractivity contribution in [3.05, 3.63) is 47.5 Å². The molecule has 1 saturated heterocycles. The predicted octanol–water partition coefficient (Wildman–Crippen LogP) is 3.03. The molecule has 1 aromatic carbocycles. The highest BCUT2D eigenvalue weighted by molar-refractivity contribution is 7.91. The molecular weight excluding hydrogens is 662 g/mol. The minimum absolute atomic E-state index is 0.0845. The fraction of sp³-hybridized carbons (Fsp3) is 0.639. The Kier molecular flexibility index (Phi) is 10.0. The van der Waals surface area contributed by atoms with Crippen molar-refractivity contribution in [1.82, 2.24) is 25.2 Å². The Hall–Kier alpha value is -3.94. The summed E-state index contributed by atoms with van der Waals surface area (Å²) in [5.41, 5.74) is -0.0938. The van der Waals surface area contributed by atoms with Gasteiger partial charge in [0.2, 0.25) is 27.7 Å². The minimum atomic E-state index is -3.87. The highest BCUT2D eigenvalue weighted by atomic mass is 32.2. The third kappa shape index (κ3) is 8.16. The number of benzene rings is 1. The minimum Gasteiger partial charge on any atom is -0.444 e. The van der Waals surface area contributed by atoms with Crippen molar-refractivity contribution in [2.45, 2.75) is 127 Å². The first kappa shape index (κ1) is 35.9. The van der Waals surface area contributed by atoms with Crippen LogP contribution in [0, 0.1) is 11.8 Å². The highest BCUT2D eigenvalue weighted by Crippen LogP contribution is 2.46. The number of carbonyl (C=O) groups is 5. The quantitative estimate of drug-likeness (QED) is 0.378. The van der Waals surface area contributed by atoms with E-state index in [9.17, 15) is 32.4 Å². The lowest BCUT2D eigenvalue weighted by molar-refractivity contribution is -0.141. The summed E-state index contributed by atoms with van der Waals surface area (Å²) < 4.78 is 33.2. The molecular formula is C36H49N5O8S. The summed E-state index contributed by atoms with van der Waals surface area (Å²) in [7, 11) is -3.87. The second-order valence-electron chi connectivity index (χ2n) is 15.5. The van der Waals surface area contributed by atoms with Gasteiger partial charge in [-0.25, -0.2) is 13.2 Å². The third-order valence-corrected chi connectivity index (χ3v) is 12.1. The number of alkyl carbamates (subject to hydrolysis) is 1. The van der Waals surface area contributed by atoms with Crippen molar-refractivity contribution in [2.24, 2.45) is 11.8 Å². The number of nitrogens with zero attached hydrogens (tertiary/aromatic N) is 2. The molecule has 5 atom stereocenters. The number of sulfonamides is 1. The smallest absolute Gasteiger partial charge is 0.408 e. The molecule has 0 aromatic heterocycles. The van der Waals surface area contributed by atoms with Gasteiger partial charge in [0, 0.05) is 32.0 Å². The van der Waals surface area contributed by atoms with E-state index in [4.69, 9.17) is 4.74 Å². The van der Waals surface area contributed by atoms with Crippen LogP contribution in [-0.2, 0) is 47.0 Å². The van der Waals surface area contributed by atoms with E-state index in [0.717, 1.165) is 24.0 Å². The lowest BCUT2D eigenvalue weighted by Crippen LogP contribution is -2.58. The van der Waals surface area contributed by atoms with Crippen LogP contribution in [0.1, 0.15) is 96.1 Å². The zero-order valence-corrected chi connectivity index (χ0v) is 29.9. The van der Waals surface area contributed by atoms with Crippen LogP contribution in [0.4, 0.5) is 4.79 Å². The zero-order valence-electron chi connectivity index (χ0n) is 29.1. The first-order valence-corrected chi connectivity index (χ1v) is 19.4. The molecule has 3 fully saturated rings. The Morgan fingerprint density at radius 3 is 2.38 bits per heavy atom. The van der Waals surface area contributed by atoms with E-state index in [1.807, 2.05) is 36.4 Å². The number of rotatable bonds is 6. The Morgan fingerprint density at radius 2 is 1.72 bits per heavy atom. The highest BCUT2D eigenvalue weighted by Gasteiger charge is 2.62. The SMILES string of the molecule is CC(C)(C)OC(=O)N[C@H]1CCCCC/C=C\[C@H]2C[C@@]2(C(=O)NS(=O)(=O)C2CC2)NC(=O)[C@@H]2C[C@@H](CC(=O)N3Cc4ccccc4C3)CN2C1=O. The van der Waals surface area contributed by atoms with Gasteiger partial charge in [-0.3, -0.25) is 23.9 Å². The lowest BCUT2D eigenvalue weighted by Gasteiger charge is -2.30. The average Bonchev–Trinajstić information content (AvgIpc) is 3.92. The molecule has 3 aliphatic heterocycles. The summed E-state index contributed by atoms with van der Waals surface area (Å²) in [6, 6.07) is 5.86. The van der Waals surface area contributed by atoms with Gasteiger partial charge in [0.25, 0.3) is 5.91 Å². The zero-order chi connectivity index (χ0) is 35.8. The van der Waals surface area contributed by atoms with E-state index in [-0.39, 0.29) is 37.6 Å². The molecule has 0 radical (unpaired) electrons. The van der Waals surface area contributed by atoms with Crippen LogP contribution < -0.4 is 15.4 Å². The van der Waals surface area contributed by atoms with Crippen LogP contribution >= 0.6 is 0 Å². The molecule has 2 saturated carbocycles. The van der Waals surface area contributed by atoms with E-state index >= 15 is 0 Å². The van der Waals surface area contributed by atoms with Crippen molar-refractivity contribution < 1.29 is 37.1 Å². The largest absolute Gasteiger partial charge is 0.444 e. The van der Waals surface area contributed by atoms with Gasteiger partial charge in [0.05, 0.1) is 5.25 Å². The fourth-order valence-electron chi connectivity index (χ4n) is 7.37. The molecule has 5 aliphatic rings. The van der Waals surface area contributed by atoms with Crippen molar-refractivity contribution in [3.8, 4) is 0 Å². The number of allylic oxidation sites excluding steroid dienone is 1. The van der Waals surface area contributed by atoms with Gasteiger partial charge in [-0.05, 0) is 82.8 Å². The Bertz CT molecular complexity index is 1640. The molecule has 0 unspecified atom stereocenters. The standard InChI is InChI=1S/C36H49N5O8S/c1-35(2,3)49-34(46)37-28-14-8-6-4-5-7-13-26-19-36(26,33(45)39-50(47,48)27-15-16-27)38-31(43)29-17-23(20-41(29)32(28)44)18-30(42)40-21-24-11-9-10-12-25(24)22-40/h7,9-13,23,26-29H,4-6,8,14-22H2,1-3H3,(H,37,46)(H,38,43)(H,39,45)/b13-7-/t23-,26-,28-,29-,36+/m0/s1. The molecule has 6 rings (SSSR count). The maximum absolute atomic E-state index is 14.3. The summed E-state index contributed by atoms with van der Waals surface area (Å²) in [4.78, 5) is 71.8. The van der Waals surface area contributed by atoms with E-state index in [0.29, 0.717) is 45.2 Å². The van der Waals surface area contributed by atoms with Crippen molar-refractivity contribution in [3.63, 3.8) is 0 Å². The summed E-state index contributed by atoms with van der Waals surface area (Å²) in [5.74, 6) is -2.69. The number of carbonyl (C=O) groups excluding carboxylic acids is 5. The number of ether oxygens (including phenoxy) is 1. The van der Waals surface area contributed by atoms with Gasteiger partial charge in [0.15, 0.2) is 0 Å². The van der Waals surface area contributed by atoms with Gasteiger partial charge < -0.3 is 25.2 Å². The molecule has 0 bridgehead atoms. The molecule has 14 heteroatoms. The number of hydrogen-bond donors (Lipinski definition) is 3. The van der Waals surface area contributed by atoms with Gasteiger partial charge in [-0.2, -0.15) is 0 Å². The normalized spacial score (nSPS) is 29.3. The fourth-order valence-corrected chi connectivity index (χ4v) is 8.73. The van der Waals surface area contributed by atoms with Gasteiger partial charge in [-0.1, -0.05) is 49.3 Å². The second-order valence-corrected chi connectivity index (χ2v) is 17.5. The van der Waals surface area contributed by atoms with Crippen LogP contribution in [0.3, 0.4) is 0 Å². The number of fused-ring (bicyclic) bond motifs is 3. The van der Waals surface area contributed by atoms with Crippen LogP contribution in [0.2, 0.25) is 0 Å². The van der Waals surface area contributed by atoms with E-state index in [1.165, 1.54) is 4.90 Å². The molecule has 13 nitrogen and oxygen atoms in total. The summed E-state index contributed by atoms with van der Waals surface area (Å²) in [6.45, 7) is 6.28. The Morgan fingerprint density at radius 1 is 1.02 bits per heavy atom. The molecule has 2 aliphatic carbocycles. The van der Waals surface area contributed by atoms with E-state index in [1.54, 1.807) is 25.7 Å². The summed E-state index contributed by atoms with van der Waals surface area (Å²) in [5, 5.41) is 4.99. The van der Waals surface area contributed by atoms with Crippen LogP contribution in [0.5, 0.6) is 0 Å². The topological polar surface area (TPSA) is 171 Å². The molecule has 272 valence electrons. The average molecular weight is 712 g/mol. The van der Waals surface area contributed by atoms with Crippen LogP contribution in [0.15, 0.2) is 36.4 Å². The number of hydrogen-bond acceptors (Lipinski definition) is 8. The molecule has 1 aromatic rings. The van der Waals surface area contributed by atoms with Crippen LogP contribution in [0.25, 0.3) is 0 Å². The first-order valence-electron chi connectivity index (χ1n) is 17.8. The van der Waals surface area contributed by atoms with Gasteiger partial charge >= 0.3 is 6.09 Å². The monoisotopic (exact) mass is 711 g/mol. The number of nitrogens with one attached hydrogen (secondary N) is 3. The summed E-state index contributed by atoms with van der Waals surface area (Å²) in [6.07, 6.45) is 7.77. The predicted molar refractivity (Wildman–Crippen MR) is 183 cm³/mol. The van der Waals surface area contributed by atoms with E-state index < -0.39 is 68.2 Å². The van der Waals surface area contributed by atoms with Gasteiger partial charge in [0.1, 0.15) is 23.2 Å². The second kappa shape index (κ2) is 14.0. The molecule has 5 amide bonds. The maximum atomic E-state index is 14.3. The molecule has 50 heavy (non-hydrogen) atoms. The van der Waals surface area contributed by atoms with Crippen molar-refractivity contribution in [2.75, 3.05) is 6.54 Å². The third-order valence-electron chi connectivity index (χ3n) is 10.3. The van der Waals surface area contributed by atoms with Crippen molar-refractivity contribution in [1.29, 1.82) is 0 Å². The maximum Gasteiger partial charge on any atom is 0.408 e. The lowest BCUT2D eigenvalue weighted by atomic mass is 10.00. The van der Waals surface area contributed by atoms with Crippen LogP contribution in [-0.4, -0.2) is 83.0 Å². The summed E-state index contributed by atoms with van der Waals surface area (Å²) >= 11 is 0. The van der Waals surface area contributed by atoms with E-state index in [2.05, 4.69) is 15.4 Å². The Labute approximate surface area is 294 Å². The molecule has 3 heterocycles. The first-order chi connectivity index (χ1) is 23.6. The molecule has 3 N–H and O–H groups in total. The van der Waals surface area contributed by atoms with Crippen molar-refractivity contribution >= 4 is 39.7 Å². The number of amides is 5. The molecule has 0 spiro atoms. The Balaban J connectivity index is 1.25. The van der Waals surface area contributed by atoms with Gasteiger partial charge in [-0.15, -0.1) is 0 Å².